The van der Waals surface area contributed by atoms with Crippen LogP contribution in [0.15, 0.2) is 41.8 Å². The molecular weight excluding hydrogens is 376 g/mol. The predicted octanol–water partition coefficient (Wildman–Crippen LogP) is 4.62. The smallest absolute Gasteiger partial charge is 0.360 e. The van der Waals surface area contributed by atoms with E-state index in [9.17, 15) is 14.4 Å². The van der Waals surface area contributed by atoms with Gasteiger partial charge in [0.15, 0.2) is 5.78 Å². The molecular formula is C21H20N2O4S. The van der Waals surface area contributed by atoms with Gasteiger partial charge in [0.25, 0.3) is 5.91 Å². The maximum absolute atomic E-state index is 12.6. The van der Waals surface area contributed by atoms with Crippen molar-refractivity contribution in [3.8, 4) is 5.75 Å². The van der Waals surface area contributed by atoms with Gasteiger partial charge in [0.05, 0.1) is 4.88 Å². The molecule has 0 aliphatic carbocycles. The zero-order valence-corrected chi connectivity index (χ0v) is 16.6. The van der Waals surface area contributed by atoms with Crippen molar-refractivity contribution in [3.63, 3.8) is 0 Å². The normalized spacial score (nSPS) is 10.5. The van der Waals surface area contributed by atoms with Crippen LogP contribution in [0.25, 0.3) is 0 Å². The fraction of sp³-hybridized carbons (Fsp3) is 0.190. The molecule has 0 aliphatic rings. The first-order valence-corrected chi connectivity index (χ1v) is 9.68. The number of aryl methyl sites for hydroxylation is 1. The Labute approximate surface area is 166 Å². The van der Waals surface area contributed by atoms with Crippen LogP contribution in [0, 0.1) is 6.92 Å². The summed E-state index contributed by atoms with van der Waals surface area (Å²) in [5.41, 5.74) is 2.75. The highest BCUT2D eigenvalue weighted by Gasteiger charge is 2.23. The van der Waals surface area contributed by atoms with Crippen LogP contribution in [-0.4, -0.2) is 22.6 Å². The van der Waals surface area contributed by atoms with E-state index in [-0.39, 0.29) is 11.7 Å². The minimum Gasteiger partial charge on any atom is -0.422 e. The number of nitrogens with one attached hydrogen (secondary N) is 2. The highest BCUT2D eigenvalue weighted by molar-refractivity contribution is 7.12. The van der Waals surface area contributed by atoms with Gasteiger partial charge in [-0.05, 0) is 61.5 Å². The molecule has 0 radical (unpaired) electrons. The Morgan fingerprint density at radius 1 is 1.14 bits per heavy atom. The lowest BCUT2D eigenvalue weighted by atomic mass is 10.0. The lowest BCUT2D eigenvalue weighted by molar-refractivity contribution is 0.0727. The quantitative estimate of drug-likeness (QED) is 0.361. The Bertz CT molecular complexity index is 1020. The summed E-state index contributed by atoms with van der Waals surface area (Å²) in [6.45, 7) is 5.13. The van der Waals surface area contributed by atoms with E-state index in [2.05, 4.69) is 10.3 Å². The van der Waals surface area contributed by atoms with Crippen molar-refractivity contribution in [1.82, 2.24) is 4.98 Å². The van der Waals surface area contributed by atoms with Crippen LogP contribution in [0.1, 0.15) is 55.6 Å². The standard InChI is InChI=1S/C21H20N2O4S/c1-4-16-18(13(3)24)12(2)22-19(16)21(26)27-15-9-7-14(8-10-15)23-20(25)17-6-5-11-28-17/h5-11,22H,4H2,1-3H3,(H,23,25). The molecule has 0 saturated heterocycles. The highest BCUT2D eigenvalue weighted by Crippen LogP contribution is 2.23. The van der Waals surface area contributed by atoms with Gasteiger partial charge in [-0.3, -0.25) is 9.59 Å². The number of hydrogen-bond donors (Lipinski definition) is 2. The average molecular weight is 396 g/mol. The van der Waals surface area contributed by atoms with Crippen LogP contribution in [0.3, 0.4) is 0 Å². The van der Waals surface area contributed by atoms with Crippen molar-refractivity contribution < 1.29 is 19.1 Å². The summed E-state index contributed by atoms with van der Waals surface area (Å²) in [7, 11) is 0. The molecule has 0 fully saturated rings. The van der Waals surface area contributed by atoms with Gasteiger partial charge in [0, 0.05) is 16.9 Å². The molecule has 28 heavy (non-hydrogen) atoms. The molecule has 7 heteroatoms. The Kier molecular flexibility index (Phi) is 5.75. The lowest BCUT2D eigenvalue weighted by Crippen LogP contribution is -2.12. The van der Waals surface area contributed by atoms with Gasteiger partial charge in [-0.25, -0.2) is 4.79 Å². The number of H-pyrrole nitrogens is 1. The Balaban J connectivity index is 1.72. The van der Waals surface area contributed by atoms with E-state index in [1.54, 1.807) is 37.3 Å². The number of carbonyl (C=O) groups is 3. The summed E-state index contributed by atoms with van der Waals surface area (Å²) in [4.78, 5) is 40.1. The first kappa shape index (κ1) is 19.6. The monoisotopic (exact) mass is 396 g/mol. The van der Waals surface area contributed by atoms with Gasteiger partial charge in [-0.15, -0.1) is 11.3 Å². The van der Waals surface area contributed by atoms with Crippen LogP contribution in [0.5, 0.6) is 5.75 Å². The number of aromatic amines is 1. The number of aromatic nitrogens is 1. The second kappa shape index (κ2) is 8.22. The molecule has 0 bridgehead atoms. The summed E-state index contributed by atoms with van der Waals surface area (Å²) in [6.07, 6.45) is 0.539. The number of esters is 1. The minimum atomic E-state index is -0.553. The van der Waals surface area contributed by atoms with Gasteiger partial charge in [-0.1, -0.05) is 13.0 Å². The summed E-state index contributed by atoms with van der Waals surface area (Å²) >= 11 is 1.36. The van der Waals surface area contributed by atoms with Gasteiger partial charge in [-0.2, -0.15) is 0 Å². The second-order valence-electron chi connectivity index (χ2n) is 6.23. The zero-order chi connectivity index (χ0) is 20.3. The molecule has 0 aliphatic heterocycles. The van der Waals surface area contributed by atoms with Crippen molar-refractivity contribution in [1.29, 1.82) is 0 Å². The van der Waals surface area contributed by atoms with Gasteiger partial charge < -0.3 is 15.0 Å². The molecule has 0 atom stereocenters. The van der Waals surface area contributed by atoms with Crippen LogP contribution in [0.2, 0.25) is 0 Å². The van der Waals surface area contributed by atoms with Gasteiger partial charge >= 0.3 is 5.97 Å². The van der Waals surface area contributed by atoms with E-state index >= 15 is 0 Å². The van der Waals surface area contributed by atoms with Crippen LogP contribution in [0.4, 0.5) is 5.69 Å². The third-order valence-electron chi connectivity index (χ3n) is 4.27. The Morgan fingerprint density at radius 2 is 1.86 bits per heavy atom. The van der Waals surface area contributed by atoms with E-state index in [4.69, 9.17) is 4.74 Å². The molecule has 0 spiro atoms. The summed E-state index contributed by atoms with van der Waals surface area (Å²) in [5, 5.41) is 4.62. The first-order valence-electron chi connectivity index (χ1n) is 8.80. The number of amides is 1. The number of hydrogen-bond acceptors (Lipinski definition) is 5. The lowest BCUT2D eigenvalue weighted by Gasteiger charge is -2.07. The molecule has 144 valence electrons. The maximum Gasteiger partial charge on any atom is 0.360 e. The number of Topliss-reactive ketones (excluding diaryl/α,β-unsaturated/α-hetero) is 1. The maximum atomic E-state index is 12.6. The molecule has 2 N–H and O–H groups in total. The number of ether oxygens (including phenoxy) is 1. The van der Waals surface area contributed by atoms with Gasteiger partial charge in [0.1, 0.15) is 11.4 Å². The number of thiophene rings is 1. The third kappa shape index (κ3) is 4.04. The predicted molar refractivity (Wildman–Crippen MR) is 109 cm³/mol. The molecule has 3 rings (SSSR count). The number of rotatable bonds is 6. The van der Waals surface area contributed by atoms with E-state index in [1.807, 2.05) is 18.4 Å². The number of carbonyl (C=O) groups excluding carboxylic acids is 3. The van der Waals surface area contributed by atoms with E-state index < -0.39 is 5.97 Å². The van der Waals surface area contributed by atoms with E-state index in [0.717, 1.165) is 0 Å². The Hall–Kier alpha value is -3.19. The minimum absolute atomic E-state index is 0.0875. The number of anilines is 1. The average Bonchev–Trinajstić information content (AvgIpc) is 3.30. The summed E-state index contributed by atoms with van der Waals surface area (Å²) < 4.78 is 5.43. The molecule has 3 aromatic rings. The van der Waals surface area contributed by atoms with E-state index in [0.29, 0.717) is 45.2 Å². The first-order chi connectivity index (χ1) is 13.4. The van der Waals surface area contributed by atoms with Crippen molar-refractivity contribution in [3.05, 3.63) is 69.2 Å². The van der Waals surface area contributed by atoms with Crippen molar-refractivity contribution in [2.24, 2.45) is 0 Å². The van der Waals surface area contributed by atoms with E-state index in [1.165, 1.54) is 18.3 Å². The van der Waals surface area contributed by atoms with Crippen molar-refractivity contribution in [2.45, 2.75) is 27.2 Å². The summed E-state index contributed by atoms with van der Waals surface area (Å²) in [6, 6.07) is 10.1. The summed E-state index contributed by atoms with van der Waals surface area (Å²) in [5.74, 6) is -0.484. The SMILES string of the molecule is CCc1c(C(=O)Oc2ccc(NC(=O)c3cccs3)cc2)[nH]c(C)c1C(C)=O. The van der Waals surface area contributed by atoms with Gasteiger partial charge in [0.2, 0.25) is 0 Å². The molecule has 2 aromatic heterocycles. The highest BCUT2D eigenvalue weighted by atomic mass is 32.1. The third-order valence-corrected chi connectivity index (χ3v) is 5.14. The van der Waals surface area contributed by atoms with Crippen molar-refractivity contribution in [2.75, 3.05) is 5.32 Å². The largest absolute Gasteiger partial charge is 0.422 e. The second-order valence-corrected chi connectivity index (χ2v) is 7.18. The van der Waals surface area contributed by atoms with Crippen LogP contribution < -0.4 is 10.1 Å². The molecule has 1 aromatic carbocycles. The number of benzene rings is 1. The van der Waals surface area contributed by atoms with Crippen molar-refractivity contribution >= 4 is 34.7 Å². The Morgan fingerprint density at radius 3 is 2.43 bits per heavy atom. The number of ketones is 1. The topological polar surface area (TPSA) is 88.3 Å². The molecule has 0 unspecified atom stereocenters. The molecule has 2 heterocycles. The molecule has 6 nitrogen and oxygen atoms in total. The fourth-order valence-corrected chi connectivity index (χ4v) is 3.66. The molecule has 0 saturated carbocycles. The fourth-order valence-electron chi connectivity index (χ4n) is 3.05. The van der Waals surface area contributed by atoms with Crippen LogP contribution >= 0.6 is 11.3 Å². The zero-order valence-electron chi connectivity index (χ0n) is 15.8. The molecule has 1 amide bonds. The van der Waals surface area contributed by atoms with Crippen LogP contribution in [-0.2, 0) is 6.42 Å².